The Morgan fingerprint density at radius 3 is 2.68 bits per heavy atom. The lowest BCUT2D eigenvalue weighted by molar-refractivity contribution is 0.415. The van der Waals surface area contributed by atoms with Crippen LogP contribution in [0.1, 0.15) is 10.9 Å². The van der Waals surface area contributed by atoms with Gasteiger partial charge in [-0.2, -0.15) is 5.26 Å². The molecule has 3 aromatic rings. The number of nitriles is 1. The first kappa shape index (κ1) is 17.2. The van der Waals surface area contributed by atoms with Crippen LogP contribution >= 0.6 is 22.9 Å². The van der Waals surface area contributed by atoms with Gasteiger partial charge >= 0.3 is 0 Å². The summed E-state index contributed by atoms with van der Waals surface area (Å²) in [6.07, 6.45) is 1.58. The summed E-state index contributed by atoms with van der Waals surface area (Å²) in [5, 5.41) is 12.6. The number of hydrogen-bond donors (Lipinski definition) is 0. The van der Waals surface area contributed by atoms with E-state index in [1.807, 2.05) is 41.8 Å². The van der Waals surface area contributed by atoms with Crippen LogP contribution in [0.25, 0.3) is 11.3 Å². The molecule has 124 valence electrons. The lowest BCUT2D eigenvalue weighted by atomic mass is 10.1. The Balaban J connectivity index is 1.81. The molecular weight excluding hydrogens is 354 g/mol. The number of methoxy groups -OCH3 is 1. The highest BCUT2D eigenvalue weighted by Crippen LogP contribution is 2.28. The van der Waals surface area contributed by atoms with Crippen molar-refractivity contribution in [2.24, 2.45) is 4.99 Å². The predicted octanol–water partition coefficient (Wildman–Crippen LogP) is 5.48. The molecule has 0 bridgehead atoms. The summed E-state index contributed by atoms with van der Waals surface area (Å²) < 4.78 is 5.16. The quantitative estimate of drug-likeness (QED) is 0.561. The van der Waals surface area contributed by atoms with Crippen LogP contribution in [0.4, 0.5) is 5.69 Å². The number of aromatic nitrogens is 1. The Labute approximate surface area is 155 Å². The fourth-order valence-corrected chi connectivity index (χ4v) is 3.21. The molecule has 0 saturated carbocycles. The van der Waals surface area contributed by atoms with E-state index in [4.69, 9.17) is 16.3 Å². The van der Waals surface area contributed by atoms with E-state index in [9.17, 15) is 5.26 Å². The van der Waals surface area contributed by atoms with E-state index in [1.165, 1.54) is 11.3 Å². The average molecular weight is 368 g/mol. The number of ether oxygens (including phenoxy) is 1. The summed E-state index contributed by atoms with van der Waals surface area (Å²) in [7, 11) is 1.63. The minimum Gasteiger partial charge on any atom is -0.497 e. The molecule has 1 aromatic heterocycles. The first-order valence-electron chi connectivity index (χ1n) is 7.49. The summed E-state index contributed by atoms with van der Waals surface area (Å²) in [6, 6.07) is 17.1. The monoisotopic (exact) mass is 367 g/mol. The van der Waals surface area contributed by atoms with E-state index in [-0.39, 0.29) is 0 Å². The fourth-order valence-electron chi connectivity index (χ4n) is 2.19. The van der Waals surface area contributed by atoms with Crippen LogP contribution in [0.15, 0.2) is 58.9 Å². The van der Waals surface area contributed by atoms with Gasteiger partial charge in [0.1, 0.15) is 16.7 Å². The summed E-state index contributed by atoms with van der Waals surface area (Å²) >= 11 is 7.52. The van der Waals surface area contributed by atoms with Crippen molar-refractivity contribution < 1.29 is 4.74 Å². The summed E-state index contributed by atoms with van der Waals surface area (Å²) in [5.41, 5.74) is 2.44. The third kappa shape index (κ3) is 4.05. The van der Waals surface area contributed by atoms with Crippen LogP contribution in [0.2, 0.25) is 5.02 Å². The number of halogens is 1. The molecule has 0 spiro atoms. The highest BCUT2D eigenvalue weighted by molar-refractivity contribution is 7.10. The van der Waals surface area contributed by atoms with Gasteiger partial charge < -0.3 is 4.74 Å². The highest BCUT2D eigenvalue weighted by Gasteiger charge is 2.14. The van der Waals surface area contributed by atoms with Crippen molar-refractivity contribution in [1.82, 2.24) is 4.98 Å². The van der Waals surface area contributed by atoms with Crippen LogP contribution in [-0.4, -0.2) is 18.3 Å². The molecule has 1 heterocycles. The van der Waals surface area contributed by atoms with Crippen LogP contribution < -0.4 is 4.74 Å². The summed E-state index contributed by atoms with van der Waals surface area (Å²) in [5.74, 6) is 0.272. The number of para-hydroxylation sites is 1. The lowest BCUT2D eigenvalue weighted by Crippen LogP contribution is -1.96. The molecule has 0 aliphatic rings. The second-order valence-electron chi connectivity index (χ2n) is 5.14. The van der Waals surface area contributed by atoms with Gasteiger partial charge in [0.25, 0.3) is 0 Å². The van der Waals surface area contributed by atoms with Gasteiger partial charge in [-0.3, -0.25) is 4.99 Å². The largest absolute Gasteiger partial charge is 0.497 e. The first-order chi connectivity index (χ1) is 12.2. The second kappa shape index (κ2) is 7.93. The van der Waals surface area contributed by atoms with Crippen molar-refractivity contribution in [1.29, 1.82) is 5.26 Å². The maximum absolute atomic E-state index is 9.45. The van der Waals surface area contributed by atoms with E-state index >= 15 is 0 Å². The van der Waals surface area contributed by atoms with Crippen LogP contribution in [0.3, 0.4) is 0 Å². The van der Waals surface area contributed by atoms with Crippen molar-refractivity contribution in [2.75, 3.05) is 7.11 Å². The Hall–Kier alpha value is -2.68. The number of aliphatic imine (C=N–C) groups is 1. The standard InChI is InChI=1S/C19H14ClN3OS/c1-24-15-8-6-13(7-9-15)18-12-25-19(23-18)14(10-21)11-22-17-5-3-2-4-16(17)20/h2-9,11-12,14H,1H3. The maximum Gasteiger partial charge on any atom is 0.133 e. The van der Waals surface area contributed by atoms with Gasteiger partial charge in [-0.1, -0.05) is 23.7 Å². The van der Waals surface area contributed by atoms with E-state index < -0.39 is 5.92 Å². The summed E-state index contributed by atoms with van der Waals surface area (Å²) in [4.78, 5) is 8.90. The highest BCUT2D eigenvalue weighted by atomic mass is 35.5. The van der Waals surface area contributed by atoms with E-state index in [0.717, 1.165) is 17.0 Å². The predicted molar refractivity (Wildman–Crippen MR) is 102 cm³/mol. The van der Waals surface area contributed by atoms with Crippen molar-refractivity contribution in [2.45, 2.75) is 5.92 Å². The van der Waals surface area contributed by atoms with Crippen LogP contribution in [-0.2, 0) is 0 Å². The molecule has 4 nitrogen and oxygen atoms in total. The van der Waals surface area contributed by atoms with Crippen LogP contribution in [0, 0.1) is 11.3 Å². The fraction of sp³-hybridized carbons (Fsp3) is 0.105. The number of hydrogen-bond acceptors (Lipinski definition) is 5. The van der Waals surface area contributed by atoms with Gasteiger partial charge in [-0.15, -0.1) is 11.3 Å². The van der Waals surface area contributed by atoms with Gasteiger partial charge in [-0.25, -0.2) is 4.98 Å². The van der Waals surface area contributed by atoms with Gasteiger partial charge in [0, 0.05) is 17.2 Å². The van der Waals surface area contributed by atoms with E-state index in [0.29, 0.717) is 15.7 Å². The Morgan fingerprint density at radius 1 is 1.24 bits per heavy atom. The Bertz CT molecular complexity index is 928. The minimum absolute atomic E-state index is 0.520. The van der Waals surface area contributed by atoms with Crippen molar-refractivity contribution in [3.05, 3.63) is 63.9 Å². The molecule has 0 saturated heterocycles. The topological polar surface area (TPSA) is 58.3 Å². The molecule has 6 heteroatoms. The third-order valence-electron chi connectivity index (χ3n) is 3.53. The average Bonchev–Trinajstić information content (AvgIpc) is 3.14. The molecule has 2 aromatic carbocycles. The van der Waals surface area contributed by atoms with Gasteiger partial charge in [0.2, 0.25) is 0 Å². The molecule has 1 unspecified atom stereocenters. The number of nitrogens with zero attached hydrogens (tertiary/aromatic N) is 3. The van der Waals surface area contributed by atoms with Crippen molar-refractivity contribution in [3.63, 3.8) is 0 Å². The smallest absolute Gasteiger partial charge is 0.133 e. The third-order valence-corrected chi connectivity index (χ3v) is 4.78. The number of rotatable bonds is 5. The SMILES string of the molecule is COc1ccc(-c2csc(C(C#N)C=Nc3ccccc3Cl)n2)cc1. The maximum atomic E-state index is 9.45. The Kier molecular flexibility index (Phi) is 5.44. The molecule has 0 fully saturated rings. The van der Waals surface area contributed by atoms with E-state index in [1.54, 1.807) is 25.5 Å². The number of thiazole rings is 1. The Morgan fingerprint density at radius 2 is 2.00 bits per heavy atom. The van der Waals surface area contributed by atoms with Crippen molar-refractivity contribution in [3.8, 4) is 23.1 Å². The molecular formula is C19H14ClN3OS. The molecule has 0 amide bonds. The zero-order valence-electron chi connectivity index (χ0n) is 13.4. The van der Waals surface area contributed by atoms with Gasteiger partial charge in [0.15, 0.2) is 0 Å². The minimum atomic E-state index is -0.520. The van der Waals surface area contributed by atoms with Gasteiger partial charge in [-0.05, 0) is 36.4 Å². The van der Waals surface area contributed by atoms with Crippen LogP contribution in [0.5, 0.6) is 5.75 Å². The first-order valence-corrected chi connectivity index (χ1v) is 8.75. The molecule has 0 N–H and O–H groups in total. The molecule has 1 atom stereocenters. The van der Waals surface area contributed by atoms with Crippen molar-refractivity contribution >= 4 is 34.8 Å². The molecule has 0 aliphatic heterocycles. The van der Waals surface area contributed by atoms with Gasteiger partial charge in [0.05, 0.1) is 29.6 Å². The lowest BCUT2D eigenvalue weighted by Gasteiger charge is -2.01. The second-order valence-corrected chi connectivity index (χ2v) is 6.43. The molecule has 0 radical (unpaired) electrons. The normalized spacial score (nSPS) is 12.0. The molecule has 25 heavy (non-hydrogen) atoms. The zero-order chi connectivity index (χ0) is 17.6. The zero-order valence-corrected chi connectivity index (χ0v) is 15.0. The number of benzene rings is 2. The molecule has 0 aliphatic carbocycles. The molecule has 3 rings (SSSR count). The summed E-state index contributed by atoms with van der Waals surface area (Å²) in [6.45, 7) is 0. The van der Waals surface area contributed by atoms with E-state index in [2.05, 4.69) is 16.0 Å².